The number of hydrogen-bond donors (Lipinski definition) is 0. The average molecular weight is 249 g/mol. The second-order valence-corrected chi connectivity index (χ2v) is 4.48. The molecule has 96 valence electrons. The molecule has 0 unspecified atom stereocenters. The number of rotatable bonds is 4. The van der Waals surface area contributed by atoms with Crippen molar-refractivity contribution >= 4 is 0 Å². The molecule has 4 heteroatoms. The van der Waals surface area contributed by atoms with Gasteiger partial charge < -0.3 is 9.15 Å². The van der Waals surface area contributed by atoms with E-state index >= 15 is 0 Å². The Morgan fingerprint density at radius 1 is 1.39 bits per heavy atom. The SMILES string of the molecule is Cc1nc(COc2ccc(F)c(C(C)C)c2)co1. The molecule has 3 nitrogen and oxygen atoms in total. The van der Waals surface area contributed by atoms with E-state index in [9.17, 15) is 4.39 Å². The van der Waals surface area contributed by atoms with Crippen molar-refractivity contribution in [2.75, 3.05) is 0 Å². The van der Waals surface area contributed by atoms with E-state index in [0.29, 0.717) is 23.8 Å². The normalized spacial score (nSPS) is 10.9. The van der Waals surface area contributed by atoms with E-state index in [2.05, 4.69) is 4.98 Å². The molecule has 0 aliphatic heterocycles. The highest BCUT2D eigenvalue weighted by Crippen LogP contribution is 2.24. The van der Waals surface area contributed by atoms with E-state index < -0.39 is 0 Å². The summed E-state index contributed by atoms with van der Waals surface area (Å²) in [7, 11) is 0. The third-order valence-electron chi connectivity index (χ3n) is 2.64. The number of aromatic nitrogens is 1. The minimum atomic E-state index is -0.199. The van der Waals surface area contributed by atoms with Crippen LogP contribution in [0.4, 0.5) is 4.39 Å². The van der Waals surface area contributed by atoms with Crippen LogP contribution in [0.2, 0.25) is 0 Å². The molecule has 0 saturated heterocycles. The fourth-order valence-electron chi connectivity index (χ4n) is 1.69. The third-order valence-corrected chi connectivity index (χ3v) is 2.64. The Labute approximate surface area is 106 Å². The van der Waals surface area contributed by atoms with Crippen LogP contribution in [0.25, 0.3) is 0 Å². The van der Waals surface area contributed by atoms with Crippen LogP contribution in [-0.4, -0.2) is 4.98 Å². The number of halogens is 1. The van der Waals surface area contributed by atoms with Gasteiger partial charge >= 0.3 is 0 Å². The fourth-order valence-corrected chi connectivity index (χ4v) is 1.69. The van der Waals surface area contributed by atoms with Crippen molar-refractivity contribution in [3.63, 3.8) is 0 Å². The number of nitrogens with zero attached hydrogens (tertiary/aromatic N) is 1. The third kappa shape index (κ3) is 2.88. The van der Waals surface area contributed by atoms with Gasteiger partial charge in [-0.15, -0.1) is 0 Å². The molecule has 18 heavy (non-hydrogen) atoms. The topological polar surface area (TPSA) is 35.3 Å². The van der Waals surface area contributed by atoms with E-state index in [1.807, 2.05) is 13.8 Å². The van der Waals surface area contributed by atoms with Crippen LogP contribution in [0, 0.1) is 12.7 Å². The fraction of sp³-hybridized carbons (Fsp3) is 0.357. The van der Waals surface area contributed by atoms with Gasteiger partial charge in [-0.2, -0.15) is 0 Å². The first-order valence-electron chi connectivity index (χ1n) is 5.89. The van der Waals surface area contributed by atoms with Gasteiger partial charge in [0.2, 0.25) is 0 Å². The molecule has 0 atom stereocenters. The van der Waals surface area contributed by atoms with Crippen molar-refractivity contribution in [2.24, 2.45) is 0 Å². The summed E-state index contributed by atoms with van der Waals surface area (Å²) in [5, 5.41) is 0. The van der Waals surface area contributed by atoms with Gasteiger partial charge in [-0.1, -0.05) is 13.8 Å². The number of benzene rings is 1. The van der Waals surface area contributed by atoms with Crippen molar-refractivity contribution in [3.05, 3.63) is 47.4 Å². The Bertz CT molecular complexity index is 534. The van der Waals surface area contributed by atoms with Crippen LogP contribution in [-0.2, 0) is 6.61 Å². The lowest BCUT2D eigenvalue weighted by Gasteiger charge is -2.10. The molecule has 1 aromatic heterocycles. The predicted molar refractivity (Wildman–Crippen MR) is 66.1 cm³/mol. The molecule has 0 aliphatic carbocycles. The molecule has 0 fully saturated rings. The van der Waals surface area contributed by atoms with Crippen LogP contribution < -0.4 is 4.74 Å². The molecular weight excluding hydrogens is 233 g/mol. The Kier molecular flexibility index (Phi) is 3.65. The van der Waals surface area contributed by atoms with Gasteiger partial charge in [0.25, 0.3) is 0 Å². The number of aryl methyl sites for hydroxylation is 1. The van der Waals surface area contributed by atoms with Crippen molar-refractivity contribution in [3.8, 4) is 5.75 Å². The first-order valence-corrected chi connectivity index (χ1v) is 5.89. The summed E-state index contributed by atoms with van der Waals surface area (Å²) >= 11 is 0. The van der Waals surface area contributed by atoms with Crippen LogP contribution in [0.3, 0.4) is 0 Å². The zero-order chi connectivity index (χ0) is 13.1. The molecule has 0 amide bonds. The first-order chi connectivity index (χ1) is 8.56. The molecule has 0 spiro atoms. The molecular formula is C14H16FNO2. The molecule has 0 saturated carbocycles. The standard InChI is InChI=1S/C14H16FNO2/c1-9(2)13-6-12(4-5-14(13)15)18-8-11-7-17-10(3)16-11/h4-7,9H,8H2,1-3H3. The van der Waals surface area contributed by atoms with Crippen molar-refractivity contribution in [1.82, 2.24) is 4.98 Å². The van der Waals surface area contributed by atoms with Gasteiger partial charge in [0, 0.05) is 6.92 Å². The molecule has 0 aliphatic rings. The summed E-state index contributed by atoms with van der Waals surface area (Å²) < 4.78 is 24.1. The smallest absolute Gasteiger partial charge is 0.191 e. The monoisotopic (exact) mass is 249 g/mol. The van der Waals surface area contributed by atoms with E-state index in [0.717, 1.165) is 5.69 Å². The van der Waals surface area contributed by atoms with Gasteiger partial charge in [0.05, 0.1) is 0 Å². The molecule has 0 N–H and O–H groups in total. The summed E-state index contributed by atoms with van der Waals surface area (Å²) in [5.41, 5.74) is 1.38. The molecule has 2 rings (SSSR count). The largest absolute Gasteiger partial charge is 0.487 e. The molecule has 2 aromatic rings. The maximum atomic E-state index is 13.5. The Morgan fingerprint density at radius 3 is 2.78 bits per heavy atom. The van der Waals surface area contributed by atoms with E-state index in [-0.39, 0.29) is 11.7 Å². The molecule has 0 bridgehead atoms. The lowest BCUT2D eigenvalue weighted by molar-refractivity contribution is 0.300. The highest BCUT2D eigenvalue weighted by molar-refractivity contribution is 5.31. The van der Waals surface area contributed by atoms with Crippen molar-refractivity contribution in [2.45, 2.75) is 33.3 Å². The summed E-state index contributed by atoms with van der Waals surface area (Å²) in [5.74, 6) is 1.17. The molecule has 1 aromatic carbocycles. The molecule has 1 heterocycles. The lowest BCUT2D eigenvalue weighted by Crippen LogP contribution is -1.98. The number of ether oxygens (including phenoxy) is 1. The Hall–Kier alpha value is -1.84. The Morgan fingerprint density at radius 2 is 2.17 bits per heavy atom. The van der Waals surface area contributed by atoms with Crippen LogP contribution >= 0.6 is 0 Å². The van der Waals surface area contributed by atoms with Crippen LogP contribution in [0.15, 0.2) is 28.9 Å². The zero-order valence-electron chi connectivity index (χ0n) is 10.7. The maximum Gasteiger partial charge on any atom is 0.191 e. The van der Waals surface area contributed by atoms with Gasteiger partial charge in [-0.05, 0) is 29.7 Å². The minimum Gasteiger partial charge on any atom is -0.487 e. The summed E-state index contributed by atoms with van der Waals surface area (Å²) in [6, 6.07) is 4.78. The van der Waals surface area contributed by atoms with Gasteiger partial charge in [0.1, 0.15) is 30.1 Å². The van der Waals surface area contributed by atoms with E-state index in [1.54, 1.807) is 25.3 Å². The average Bonchev–Trinajstić information content (AvgIpc) is 2.74. The van der Waals surface area contributed by atoms with Gasteiger partial charge in [-0.3, -0.25) is 0 Å². The second kappa shape index (κ2) is 5.21. The van der Waals surface area contributed by atoms with Crippen LogP contribution in [0.5, 0.6) is 5.75 Å². The zero-order valence-corrected chi connectivity index (χ0v) is 10.7. The summed E-state index contributed by atoms with van der Waals surface area (Å²) in [6.45, 7) is 5.99. The second-order valence-electron chi connectivity index (χ2n) is 4.48. The van der Waals surface area contributed by atoms with Gasteiger partial charge in [-0.25, -0.2) is 9.37 Å². The first kappa shape index (κ1) is 12.6. The van der Waals surface area contributed by atoms with E-state index in [4.69, 9.17) is 9.15 Å². The highest BCUT2D eigenvalue weighted by atomic mass is 19.1. The van der Waals surface area contributed by atoms with Gasteiger partial charge in [0.15, 0.2) is 5.89 Å². The van der Waals surface area contributed by atoms with Crippen molar-refractivity contribution < 1.29 is 13.5 Å². The Balaban J connectivity index is 2.08. The van der Waals surface area contributed by atoms with Crippen molar-refractivity contribution in [1.29, 1.82) is 0 Å². The number of hydrogen-bond acceptors (Lipinski definition) is 3. The quantitative estimate of drug-likeness (QED) is 0.826. The summed E-state index contributed by atoms with van der Waals surface area (Å²) in [6.07, 6.45) is 1.56. The number of oxazole rings is 1. The van der Waals surface area contributed by atoms with Crippen LogP contribution in [0.1, 0.15) is 36.9 Å². The minimum absolute atomic E-state index is 0.128. The maximum absolute atomic E-state index is 13.5. The predicted octanol–water partition coefficient (Wildman–Crippen LogP) is 3.82. The lowest BCUT2D eigenvalue weighted by atomic mass is 10.0. The summed E-state index contributed by atoms with van der Waals surface area (Å²) in [4.78, 5) is 4.14. The highest BCUT2D eigenvalue weighted by Gasteiger charge is 2.08. The molecule has 0 radical (unpaired) electrons. The van der Waals surface area contributed by atoms with E-state index in [1.165, 1.54) is 6.07 Å².